The van der Waals surface area contributed by atoms with Crippen molar-refractivity contribution in [2.75, 3.05) is 5.75 Å². The molecule has 10 heteroatoms. The minimum absolute atomic E-state index is 0.00424. The molecule has 1 aromatic carbocycles. The number of rotatable bonds is 10. The van der Waals surface area contributed by atoms with E-state index in [1.54, 1.807) is 6.08 Å². The highest BCUT2D eigenvalue weighted by Crippen LogP contribution is 2.24. The number of nitrogens with zero attached hydrogens (tertiary/aromatic N) is 6. The van der Waals surface area contributed by atoms with Gasteiger partial charge in [-0.05, 0) is 44.5 Å². The SMILES string of the molecule is C=CCn1c(COc2cccc(C)c2)nnc1SCC(=O)c1cc(C)n(-c2ncn[nH]2)c1C. The first kappa shape index (κ1) is 22.5. The molecule has 33 heavy (non-hydrogen) atoms. The molecule has 170 valence electrons. The van der Waals surface area contributed by atoms with E-state index in [9.17, 15) is 4.79 Å². The van der Waals surface area contributed by atoms with E-state index in [2.05, 4.69) is 32.0 Å². The van der Waals surface area contributed by atoms with Gasteiger partial charge in [-0.3, -0.25) is 13.9 Å². The molecule has 0 bridgehead atoms. The van der Waals surface area contributed by atoms with Gasteiger partial charge in [-0.25, -0.2) is 5.10 Å². The second-order valence-corrected chi connectivity index (χ2v) is 8.49. The smallest absolute Gasteiger partial charge is 0.229 e. The van der Waals surface area contributed by atoms with Gasteiger partial charge in [0.2, 0.25) is 5.95 Å². The Bertz CT molecular complexity index is 1270. The minimum Gasteiger partial charge on any atom is -0.486 e. The van der Waals surface area contributed by atoms with Crippen molar-refractivity contribution in [3.05, 3.63) is 77.7 Å². The van der Waals surface area contributed by atoms with Crippen LogP contribution in [0.5, 0.6) is 5.75 Å². The standard InChI is InChI=1S/C23H25N7O2S/c1-5-9-29-21(12-32-18-8-6-7-15(2)10-18)26-28-23(29)33-13-20(31)19-11-16(3)30(17(19)4)22-24-14-25-27-22/h5-8,10-11,14H,1,9,12-13H2,2-4H3,(H,24,25,27). The van der Waals surface area contributed by atoms with Crippen LogP contribution in [0, 0.1) is 20.8 Å². The molecule has 9 nitrogen and oxygen atoms in total. The zero-order valence-electron chi connectivity index (χ0n) is 18.8. The van der Waals surface area contributed by atoms with Gasteiger partial charge in [0.1, 0.15) is 18.7 Å². The second kappa shape index (κ2) is 9.86. The maximum atomic E-state index is 13.0. The lowest BCUT2D eigenvalue weighted by molar-refractivity contribution is 0.102. The number of ketones is 1. The van der Waals surface area contributed by atoms with Gasteiger partial charge in [-0.1, -0.05) is 30.0 Å². The summed E-state index contributed by atoms with van der Waals surface area (Å²) in [5.41, 5.74) is 3.49. The Morgan fingerprint density at radius 1 is 1.24 bits per heavy atom. The largest absolute Gasteiger partial charge is 0.486 e. The highest BCUT2D eigenvalue weighted by atomic mass is 32.2. The number of allylic oxidation sites excluding steroid dienone is 1. The Morgan fingerprint density at radius 2 is 2.09 bits per heavy atom. The van der Waals surface area contributed by atoms with Gasteiger partial charge in [0, 0.05) is 23.5 Å². The van der Waals surface area contributed by atoms with E-state index in [4.69, 9.17) is 4.74 Å². The van der Waals surface area contributed by atoms with Crippen LogP contribution in [-0.2, 0) is 13.2 Å². The van der Waals surface area contributed by atoms with E-state index in [-0.39, 0.29) is 18.1 Å². The molecule has 0 saturated heterocycles. The quantitative estimate of drug-likeness (QED) is 0.216. The zero-order chi connectivity index (χ0) is 23.4. The molecular weight excluding hydrogens is 438 g/mol. The average molecular weight is 464 g/mol. The predicted molar refractivity (Wildman–Crippen MR) is 126 cm³/mol. The number of H-pyrrole nitrogens is 1. The molecule has 3 aromatic heterocycles. The molecule has 0 amide bonds. The lowest BCUT2D eigenvalue weighted by Gasteiger charge is -2.09. The fourth-order valence-electron chi connectivity index (χ4n) is 3.58. The van der Waals surface area contributed by atoms with E-state index >= 15 is 0 Å². The highest BCUT2D eigenvalue weighted by molar-refractivity contribution is 7.99. The predicted octanol–water partition coefficient (Wildman–Crippen LogP) is 3.85. The van der Waals surface area contributed by atoms with Crippen molar-refractivity contribution in [3.8, 4) is 11.7 Å². The number of benzene rings is 1. The number of carbonyl (C=O) groups excluding carboxylic acids is 1. The maximum absolute atomic E-state index is 13.0. The number of carbonyl (C=O) groups is 1. The molecule has 0 aliphatic carbocycles. The maximum Gasteiger partial charge on any atom is 0.229 e. The molecule has 1 N–H and O–H groups in total. The van der Waals surface area contributed by atoms with Gasteiger partial charge in [0.15, 0.2) is 16.8 Å². The van der Waals surface area contributed by atoms with E-state index in [0.717, 1.165) is 22.7 Å². The Morgan fingerprint density at radius 3 is 2.82 bits per heavy atom. The molecule has 0 spiro atoms. The minimum atomic E-state index is 0.00424. The van der Waals surface area contributed by atoms with Gasteiger partial charge in [-0.15, -0.1) is 16.8 Å². The first-order valence-corrected chi connectivity index (χ1v) is 11.4. The zero-order valence-corrected chi connectivity index (χ0v) is 19.6. The van der Waals surface area contributed by atoms with Crippen LogP contribution >= 0.6 is 11.8 Å². The average Bonchev–Trinajstić information content (AvgIpc) is 3.51. The van der Waals surface area contributed by atoms with Gasteiger partial charge in [0.25, 0.3) is 0 Å². The number of aromatic amines is 1. The Kier molecular flexibility index (Phi) is 6.74. The number of thioether (sulfide) groups is 1. The molecule has 0 unspecified atom stereocenters. The fourth-order valence-corrected chi connectivity index (χ4v) is 4.43. The van der Waals surface area contributed by atoms with Gasteiger partial charge in [0.05, 0.1) is 5.75 Å². The van der Waals surface area contributed by atoms with Crippen LogP contribution in [0.15, 0.2) is 54.5 Å². The molecule has 4 rings (SSSR count). The van der Waals surface area contributed by atoms with Crippen LogP contribution in [-0.4, -0.2) is 46.0 Å². The first-order chi connectivity index (χ1) is 16.0. The molecule has 4 aromatic rings. The van der Waals surface area contributed by atoms with Crippen LogP contribution in [0.3, 0.4) is 0 Å². The number of hydrogen-bond acceptors (Lipinski definition) is 7. The molecule has 0 aliphatic heterocycles. The summed E-state index contributed by atoms with van der Waals surface area (Å²) in [6.45, 7) is 10.5. The van der Waals surface area contributed by atoms with Crippen LogP contribution < -0.4 is 4.74 Å². The van der Waals surface area contributed by atoms with Crippen molar-refractivity contribution in [1.82, 2.24) is 34.5 Å². The third-order valence-electron chi connectivity index (χ3n) is 5.14. The van der Waals surface area contributed by atoms with E-state index in [0.29, 0.717) is 29.0 Å². The van der Waals surface area contributed by atoms with Crippen LogP contribution in [0.1, 0.15) is 33.1 Å². The lowest BCUT2D eigenvalue weighted by Crippen LogP contribution is -2.09. The number of Topliss-reactive ketones (excluding diaryl/α,β-unsaturated/α-hetero) is 1. The summed E-state index contributed by atoms with van der Waals surface area (Å²) < 4.78 is 9.68. The third kappa shape index (κ3) is 4.90. The Hall–Kier alpha value is -3.66. The summed E-state index contributed by atoms with van der Waals surface area (Å²) in [4.78, 5) is 17.2. The van der Waals surface area contributed by atoms with E-state index in [1.807, 2.05) is 60.2 Å². The summed E-state index contributed by atoms with van der Waals surface area (Å²) >= 11 is 1.35. The number of nitrogens with one attached hydrogen (secondary N) is 1. The summed E-state index contributed by atoms with van der Waals surface area (Å²) in [5, 5.41) is 15.9. The number of ether oxygens (including phenoxy) is 1. The molecule has 0 aliphatic rings. The second-order valence-electron chi connectivity index (χ2n) is 7.54. The molecule has 0 radical (unpaired) electrons. The van der Waals surface area contributed by atoms with Crippen LogP contribution in [0.2, 0.25) is 0 Å². The van der Waals surface area contributed by atoms with Crippen molar-refractivity contribution >= 4 is 17.5 Å². The summed E-state index contributed by atoms with van der Waals surface area (Å²) in [7, 11) is 0. The number of hydrogen-bond donors (Lipinski definition) is 1. The monoisotopic (exact) mass is 463 g/mol. The van der Waals surface area contributed by atoms with Crippen LogP contribution in [0.4, 0.5) is 0 Å². The number of aryl methyl sites for hydroxylation is 2. The molecule has 0 saturated carbocycles. The molecule has 0 fully saturated rings. The summed E-state index contributed by atoms with van der Waals surface area (Å²) in [6, 6.07) is 9.71. The molecule has 3 heterocycles. The third-order valence-corrected chi connectivity index (χ3v) is 6.11. The molecule has 0 atom stereocenters. The van der Waals surface area contributed by atoms with Crippen molar-refractivity contribution in [2.45, 2.75) is 39.1 Å². The Balaban J connectivity index is 1.46. The first-order valence-electron chi connectivity index (χ1n) is 10.4. The van der Waals surface area contributed by atoms with Gasteiger partial charge >= 0.3 is 0 Å². The van der Waals surface area contributed by atoms with Gasteiger partial charge < -0.3 is 4.74 Å². The fraction of sp³-hybridized carbons (Fsp3) is 0.261. The van der Waals surface area contributed by atoms with Crippen molar-refractivity contribution in [2.24, 2.45) is 0 Å². The Labute approximate surface area is 195 Å². The molecular formula is C23H25N7O2S. The number of aromatic nitrogens is 7. The lowest BCUT2D eigenvalue weighted by atomic mass is 10.2. The summed E-state index contributed by atoms with van der Waals surface area (Å²) in [5.74, 6) is 2.27. The van der Waals surface area contributed by atoms with E-state index in [1.165, 1.54) is 18.1 Å². The van der Waals surface area contributed by atoms with Crippen molar-refractivity contribution in [3.63, 3.8) is 0 Å². The topological polar surface area (TPSA) is 104 Å². The summed E-state index contributed by atoms with van der Waals surface area (Å²) in [6.07, 6.45) is 3.22. The van der Waals surface area contributed by atoms with Crippen molar-refractivity contribution in [1.29, 1.82) is 0 Å². The normalized spacial score (nSPS) is 11.0. The van der Waals surface area contributed by atoms with Gasteiger partial charge in [-0.2, -0.15) is 10.1 Å². The highest BCUT2D eigenvalue weighted by Gasteiger charge is 2.20. The van der Waals surface area contributed by atoms with Crippen LogP contribution in [0.25, 0.3) is 5.95 Å². The van der Waals surface area contributed by atoms with Crippen molar-refractivity contribution < 1.29 is 9.53 Å². The van der Waals surface area contributed by atoms with E-state index < -0.39 is 0 Å².